The van der Waals surface area contributed by atoms with Crippen molar-refractivity contribution in [2.24, 2.45) is 0 Å². The molecular weight excluding hydrogens is 334 g/mol. The van der Waals surface area contributed by atoms with Gasteiger partial charge in [-0.05, 0) is 46.8 Å². The zero-order chi connectivity index (χ0) is 18.9. The van der Waals surface area contributed by atoms with Crippen LogP contribution in [0.4, 0.5) is 4.79 Å². The van der Waals surface area contributed by atoms with Gasteiger partial charge in [0.25, 0.3) is 0 Å². The van der Waals surface area contributed by atoms with Crippen molar-refractivity contribution in [1.82, 2.24) is 34.9 Å². The lowest BCUT2D eigenvalue weighted by Crippen LogP contribution is -2.32. The minimum absolute atomic E-state index is 0.164. The number of ether oxygens (including phenoxy) is 1. The highest BCUT2D eigenvalue weighted by atomic mass is 16.6. The Hall–Kier alpha value is -2.97. The van der Waals surface area contributed by atoms with E-state index in [1.54, 1.807) is 10.7 Å². The summed E-state index contributed by atoms with van der Waals surface area (Å²) in [7, 11) is 0. The Kier molecular flexibility index (Phi) is 4.62. The van der Waals surface area contributed by atoms with Crippen molar-refractivity contribution < 1.29 is 9.53 Å². The Bertz CT molecular complexity index is 921. The SMILES string of the molecule is CC(C)n1cc(-c2ccc3nnc(CNC(=O)OC(C)(C)C)n3n2)cn1. The molecule has 26 heavy (non-hydrogen) atoms. The second kappa shape index (κ2) is 6.74. The molecule has 9 heteroatoms. The van der Waals surface area contributed by atoms with Gasteiger partial charge in [-0.3, -0.25) is 4.68 Å². The molecule has 0 unspecified atom stereocenters. The van der Waals surface area contributed by atoms with Gasteiger partial charge in [0.2, 0.25) is 0 Å². The number of fused-ring (bicyclic) bond motifs is 1. The summed E-state index contributed by atoms with van der Waals surface area (Å²) >= 11 is 0. The van der Waals surface area contributed by atoms with Crippen molar-refractivity contribution in [3.63, 3.8) is 0 Å². The van der Waals surface area contributed by atoms with Gasteiger partial charge >= 0.3 is 6.09 Å². The average molecular weight is 357 g/mol. The van der Waals surface area contributed by atoms with Crippen LogP contribution in [0.3, 0.4) is 0 Å². The van der Waals surface area contributed by atoms with E-state index in [1.807, 2.05) is 43.8 Å². The number of aromatic nitrogens is 6. The molecule has 0 bridgehead atoms. The van der Waals surface area contributed by atoms with Crippen molar-refractivity contribution in [3.05, 3.63) is 30.4 Å². The number of carbonyl (C=O) groups is 1. The average Bonchev–Trinajstić information content (AvgIpc) is 3.18. The first-order valence-electron chi connectivity index (χ1n) is 8.45. The molecular formula is C17H23N7O2. The fraction of sp³-hybridized carbons (Fsp3) is 0.471. The number of hydrogen-bond donors (Lipinski definition) is 1. The van der Waals surface area contributed by atoms with Crippen molar-refractivity contribution >= 4 is 11.7 Å². The molecule has 0 aliphatic rings. The first-order valence-corrected chi connectivity index (χ1v) is 8.45. The van der Waals surface area contributed by atoms with Crippen molar-refractivity contribution in [2.45, 2.75) is 52.8 Å². The molecule has 3 heterocycles. The molecule has 3 aromatic heterocycles. The Balaban J connectivity index is 1.80. The van der Waals surface area contributed by atoms with E-state index in [1.165, 1.54) is 0 Å². The number of alkyl carbamates (subject to hydrolysis) is 1. The molecule has 0 radical (unpaired) electrons. The zero-order valence-electron chi connectivity index (χ0n) is 15.6. The van der Waals surface area contributed by atoms with Gasteiger partial charge in [-0.1, -0.05) is 0 Å². The van der Waals surface area contributed by atoms with E-state index in [0.717, 1.165) is 11.3 Å². The van der Waals surface area contributed by atoms with Crippen LogP contribution < -0.4 is 5.32 Å². The van der Waals surface area contributed by atoms with Crippen LogP contribution in [0.5, 0.6) is 0 Å². The van der Waals surface area contributed by atoms with Crippen LogP contribution in [0.15, 0.2) is 24.5 Å². The summed E-state index contributed by atoms with van der Waals surface area (Å²) in [6.07, 6.45) is 3.21. The van der Waals surface area contributed by atoms with E-state index in [2.05, 4.69) is 39.6 Å². The standard InChI is InChI=1S/C17H23N7O2/c1-11(2)23-10-12(8-19-23)13-6-7-14-20-21-15(24(14)22-13)9-18-16(25)26-17(3,4)5/h6-8,10-11H,9H2,1-5H3,(H,18,25). The van der Waals surface area contributed by atoms with Crippen LogP contribution >= 0.6 is 0 Å². The van der Waals surface area contributed by atoms with Gasteiger partial charge in [0.15, 0.2) is 11.5 Å². The van der Waals surface area contributed by atoms with E-state index in [-0.39, 0.29) is 12.6 Å². The molecule has 0 aliphatic carbocycles. The molecule has 0 aliphatic heterocycles. The first kappa shape index (κ1) is 17.8. The molecule has 3 aromatic rings. The van der Waals surface area contributed by atoms with E-state index in [9.17, 15) is 4.79 Å². The smallest absolute Gasteiger partial charge is 0.408 e. The second-order valence-corrected chi connectivity index (χ2v) is 7.26. The summed E-state index contributed by atoms with van der Waals surface area (Å²) in [5.41, 5.74) is 1.70. The molecule has 0 fully saturated rings. The van der Waals surface area contributed by atoms with Crippen LogP contribution in [-0.2, 0) is 11.3 Å². The van der Waals surface area contributed by atoms with Crippen LogP contribution in [0.2, 0.25) is 0 Å². The number of rotatable bonds is 4. The zero-order valence-corrected chi connectivity index (χ0v) is 15.6. The lowest BCUT2D eigenvalue weighted by molar-refractivity contribution is 0.0522. The Morgan fingerprint density at radius 3 is 2.69 bits per heavy atom. The van der Waals surface area contributed by atoms with Gasteiger partial charge in [0.05, 0.1) is 18.4 Å². The maximum atomic E-state index is 11.8. The van der Waals surface area contributed by atoms with Crippen molar-refractivity contribution in [3.8, 4) is 11.3 Å². The number of nitrogens with one attached hydrogen (secondary N) is 1. The van der Waals surface area contributed by atoms with E-state index in [0.29, 0.717) is 11.5 Å². The van der Waals surface area contributed by atoms with Gasteiger partial charge in [0, 0.05) is 17.8 Å². The van der Waals surface area contributed by atoms with Crippen LogP contribution in [0, 0.1) is 0 Å². The number of amides is 1. The molecule has 9 nitrogen and oxygen atoms in total. The minimum Gasteiger partial charge on any atom is -0.444 e. The summed E-state index contributed by atoms with van der Waals surface area (Å²) in [5.74, 6) is 0.518. The van der Waals surface area contributed by atoms with Crippen molar-refractivity contribution in [2.75, 3.05) is 0 Å². The van der Waals surface area contributed by atoms with Gasteiger partial charge in [-0.25, -0.2) is 4.79 Å². The third-order valence-electron chi connectivity index (χ3n) is 3.54. The maximum absolute atomic E-state index is 11.8. The summed E-state index contributed by atoms with van der Waals surface area (Å²) in [4.78, 5) is 11.8. The van der Waals surface area contributed by atoms with Gasteiger partial charge in [0.1, 0.15) is 5.60 Å². The summed E-state index contributed by atoms with van der Waals surface area (Å²) < 4.78 is 8.71. The number of nitrogens with zero attached hydrogens (tertiary/aromatic N) is 6. The predicted molar refractivity (Wildman–Crippen MR) is 95.5 cm³/mol. The highest BCUT2D eigenvalue weighted by molar-refractivity contribution is 5.67. The second-order valence-electron chi connectivity index (χ2n) is 7.26. The molecule has 1 amide bonds. The molecule has 0 spiro atoms. The van der Waals surface area contributed by atoms with Gasteiger partial charge in [-0.15, -0.1) is 10.2 Å². The monoisotopic (exact) mass is 357 g/mol. The topological polar surface area (TPSA) is 99.2 Å². The van der Waals surface area contributed by atoms with Crippen LogP contribution in [-0.4, -0.2) is 41.3 Å². The molecule has 0 aromatic carbocycles. The Morgan fingerprint density at radius 2 is 2.04 bits per heavy atom. The normalized spacial score (nSPS) is 11.9. The molecule has 0 saturated heterocycles. The minimum atomic E-state index is -0.557. The summed E-state index contributed by atoms with van der Waals surface area (Å²) in [6.45, 7) is 9.72. The number of carbonyl (C=O) groups excluding carboxylic acids is 1. The molecule has 138 valence electrons. The number of hydrogen-bond acceptors (Lipinski definition) is 6. The fourth-order valence-electron chi connectivity index (χ4n) is 2.32. The van der Waals surface area contributed by atoms with Gasteiger partial charge in [-0.2, -0.15) is 14.7 Å². The van der Waals surface area contributed by atoms with E-state index < -0.39 is 11.7 Å². The quantitative estimate of drug-likeness (QED) is 0.770. The molecule has 0 atom stereocenters. The lowest BCUT2D eigenvalue weighted by Gasteiger charge is -2.19. The van der Waals surface area contributed by atoms with Gasteiger partial charge < -0.3 is 10.1 Å². The highest BCUT2D eigenvalue weighted by Crippen LogP contribution is 2.18. The summed E-state index contributed by atoms with van der Waals surface area (Å²) in [5, 5.41) is 19.8. The molecule has 3 rings (SSSR count). The first-order chi connectivity index (χ1) is 12.2. The third-order valence-corrected chi connectivity index (χ3v) is 3.54. The maximum Gasteiger partial charge on any atom is 0.408 e. The van der Waals surface area contributed by atoms with Crippen LogP contribution in [0.25, 0.3) is 16.9 Å². The molecule has 1 N–H and O–H groups in total. The van der Waals surface area contributed by atoms with E-state index >= 15 is 0 Å². The van der Waals surface area contributed by atoms with Crippen molar-refractivity contribution in [1.29, 1.82) is 0 Å². The Morgan fingerprint density at radius 1 is 1.27 bits per heavy atom. The van der Waals surface area contributed by atoms with Crippen LogP contribution in [0.1, 0.15) is 46.5 Å². The third kappa shape index (κ3) is 3.98. The lowest BCUT2D eigenvalue weighted by atomic mass is 10.2. The highest BCUT2D eigenvalue weighted by Gasteiger charge is 2.17. The summed E-state index contributed by atoms with van der Waals surface area (Å²) in [6, 6.07) is 3.98. The predicted octanol–water partition coefficient (Wildman–Crippen LogP) is 2.59. The molecule has 0 saturated carbocycles. The fourth-order valence-corrected chi connectivity index (χ4v) is 2.32. The van der Waals surface area contributed by atoms with E-state index in [4.69, 9.17) is 4.74 Å². The Labute approximate surface area is 151 Å². The largest absolute Gasteiger partial charge is 0.444 e.